The molecule has 0 aliphatic carbocycles. The Balaban J connectivity index is 0.000000292. The van der Waals surface area contributed by atoms with Gasteiger partial charge in [0.15, 0.2) is 5.34 Å². The van der Waals surface area contributed by atoms with Crippen molar-refractivity contribution in [2.24, 2.45) is 5.34 Å². The first-order chi connectivity index (χ1) is 5.35. The SMILES string of the molecule is N#Cc1cncnc1.O=NO. The van der Waals surface area contributed by atoms with E-state index in [0.717, 1.165) is 0 Å². The lowest BCUT2D eigenvalue weighted by atomic mass is 10.4. The van der Waals surface area contributed by atoms with Crippen LogP contribution in [0, 0.1) is 16.2 Å². The second-order valence-corrected chi connectivity index (χ2v) is 1.32. The molecule has 0 amide bonds. The molecule has 1 N–H and O–H groups in total. The minimum Gasteiger partial charge on any atom is -0.379 e. The van der Waals surface area contributed by atoms with Crippen LogP contribution in [0.1, 0.15) is 5.56 Å². The molecule has 0 spiro atoms. The normalized spacial score (nSPS) is 6.82. The van der Waals surface area contributed by atoms with E-state index in [-0.39, 0.29) is 0 Å². The van der Waals surface area contributed by atoms with E-state index in [0.29, 0.717) is 5.56 Å². The van der Waals surface area contributed by atoms with Gasteiger partial charge in [-0.3, -0.25) is 0 Å². The Labute approximate surface area is 62.1 Å². The van der Waals surface area contributed by atoms with Crippen LogP contribution in [0.25, 0.3) is 0 Å². The average molecular weight is 152 g/mol. The summed E-state index contributed by atoms with van der Waals surface area (Å²) in [5.74, 6) is 0. The third kappa shape index (κ3) is 4.47. The molecule has 1 aromatic heterocycles. The lowest BCUT2D eigenvalue weighted by molar-refractivity contribution is 0.312. The molecule has 0 aromatic carbocycles. The fourth-order valence-electron chi connectivity index (χ4n) is 0.357. The predicted octanol–water partition coefficient (Wildman–Crippen LogP) is 0.490. The van der Waals surface area contributed by atoms with E-state index in [1.54, 1.807) is 0 Å². The zero-order chi connectivity index (χ0) is 8.53. The third-order valence-electron chi connectivity index (χ3n) is 0.690. The van der Waals surface area contributed by atoms with Crippen molar-refractivity contribution in [3.8, 4) is 6.07 Å². The summed E-state index contributed by atoms with van der Waals surface area (Å²) in [6.07, 6.45) is 4.32. The van der Waals surface area contributed by atoms with Crippen LogP contribution < -0.4 is 0 Å². The van der Waals surface area contributed by atoms with Crippen LogP contribution in [0.4, 0.5) is 0 Å². The van der Waals surface area contributed by atoms with Gasteiger partial charge < -0.3 is 5.21 Å². The van der Waals surface area contributed by atoms with Crippen molar-refractivity contribution in [2.75, 3.05) is 0 Å². The van der Waals surface area contributed by atoms with Crippen molar-refractivity contribution in [3.05, 3.63) is 29.2 Å². The van der Waals surface area contributed by atoms with Crippen molar-refractivity contribution >= 4 is 0 Å². The molecule has 0 aliphatic heterocycles. The predicted molar refractivity (Wildman–Crippen MR) is 34.3 cm³/mol. The second-order valence-electron chi connectivity index (χ2n) is 1.32. The van der Waals surface area contributed by atoms with Crippen molar-refractivity contribution in [1.29, 1.82) is 5.26 Å². The fourth-order valence-corrected chi connectivity index (χ4v) is 0.357. The molecule has 0 saturated carbocycles. The summed E-state index contributed by atoms with van der Waals surface area (Å²) < 4.78 is 0. The van der Waals surface area contributed by atoms with E-state index < -0.39 is 0 Å². The van der Waals surface area contributed by atoms with E-state index in [2.05, 4.69) is 9.97 Å². The molecule has 6 heteroatoms. The van der Waals surface area contributed by atoms with Crippen molar-refractivity contribution < 1.29 is 5.21 Å². The molecule has 11 heavy (non-hydrogen) atoms. The smallest absolute Gasteiger partial charge is 0.152 e. The molecule has 0 radical (unpaired) electrons. The Hall–Kier alpha value is -2.03. The van der Waals surface area contributed by atoms with Gasteiger partial charge in [-0.05, 0) is 0 Å². The van der Waals surface area contributed by atoms with Crippen LogP contribution in [0.5, 0.6) is 0 Å². The van der Waals surface area contributed by atoms with Crippen LogP contribution >= 0.6 is 0 Å². The van der Waals surface area contributed by atoms with E-state index in [1.807, 2.05) is 6.07 Å². The average Bonchev–Trinajstić information content (AvgIpc) is 2.08. The maximum atomic E-state index is 8.21. The summed E-state index contributed by atoms with van der Waals surface area (Å²) in [7, 11) is 0. The number of hydrogen-bond acceptors (Lipinski definition) is 5. The number of aromatic nitrogens is 2. The molecule has 1 rings (SSSR count). The number of hydrogen-bond donors (Lipinski definition) is 1. The Morgan fingerprint density at radius 2 is 2.00 bits per heavy atom. The minimum absolute atomic E-state index is 0.493. The molecular formula is C5H4N4O2. The zero-order valence-electron chi connectivity index (χ0n) is 5.38. The maximum absolute atomic E-state index is 8.21. The van der Waals surface area contributed by atoms with Gasteiger partial charge in [0.25, 0.3) is 0 Å². The quantitative estimate of drug-likeness (QED) is 0.430. The molecule has 0 bridgehead atoms. The summed E-state index contributed by atoms with van der Waals surface area (Å²) in [5, 5.41) is 16.1. The summed E-state index contributed by atoms with van der Waals surface area (Å²) in [5.41, 5.74) is 0.493. The van der Waals surface area contributed by atoms with Gasteiger partial charge in [0, 0.05) is 12.4 Å². The molecule has 1 heterocycles. The van der Waals surface area contributed by atoms with Gasteiger partial charge in [-0.2, -0.15) is 5.26 Å². The zero-order valence-corrected chi connectivity index (χ0v) is 5.38. The molecule has 0 saturated heterocycles. The van der Waals surface area contributed by atoms with Gasteiger partial charge in [-0.1, -0.05) is 0 Å². The summed E-state index contributed by atoms with van der Waals surface area (Å²) in [4.78, 5) is 15.4. The fraction of sp³-hybridized carbons (Fsp3) is 0. The molecular weight excluding hydrogens is 148 g/mol. The molecule has 56 valence electrons. The van der Waals surface area contributed by atoms with Gasteiger partial charge in [-0.15, -0.1) is 4.91 Å². The van der Waals surface area contributed by atoms with E-state index in [4.69, 9.17) is 15.4 Å². The van der Waals surface area contributed by atoms with Crippen molar-refractivity contribution in [2.45, 2.75) is 0 Å². The van der Waals surface area contributed by atoms with Crippen LogP contribution in [0.3, 0.4) is 0 Å². The molecule has 6 nitrogen and oxygen atoms in total. The second kappa shape index (κ2) is 6.10. The highest BCUT2D eigenvalue weighted by atomic mass is 16.6. The van der Waals surface area contributed by atoms with Crippen LogP contribution in [-0.2, 0) is 0 Å². The highest BCUT2D eigenvalue weighted by Crippen LogP contribution is 1.85. The standard InChI is InChI=1S/C5H3N3.HNO2/c6-1-5-2-7-4-8-3-5;2-1-3/h2-4H;(H,2,3). The van der Waals surface area contributed by atoms with E-state index in [9.17, 15) is 0 Å². The first kappa shape index (κ1) is 8.97. The van der Waals surface area contributed by atoms with Gasteiger partial charge >= 0.3 is 0 Å². The number of rotatable bonds is 0. The maximum Gasteiger partial charge on any atom is 0.152 e. The molecule has 0 atom stereocenters. The Bertz CT molecular complexity index is 242. The summed E-state index contributed by atoms with van der Waals surface area (Å²) >= 11 is 0. The lowest BCUT2D eigenvalue weighted by Gasteiger charge is -1.79. The van der Waals surface area contributed by atoms with Crippen LogP contribution in [-0.4, -0.2) is 15.2 Å². The van der Waals surface area contributed by atoms with E-state index >= 15 is 0 Å². The lowest BCUT2D eigenvalue weighted by Crippen LogP contribution is -1.77. The van der Waals surface area contributed by atoms with Crippen molar-refractivity contribution in [3.63, 3.8) is 0 Å². The highest BCUT2D eigenvalue weighted by Gasteiger charge is 1.82. The molecule has 1 aromatic rings. The molecule has 0 aliphatic rings. The van der Waals surface area contributed by atoms with Gasteiger partial charge in [0.1, 0.15) is 12.4 Å². The molecule has 0 unspecified atom stereocenters. The minimum atomic E-state index is 0.493. The first-order valence-corrected chi connectivity index (χ1v) is 2.47. The Morgan fingerprint density at radius 1 is 1.55 bits per heavy atom. The number of nitrogens with zero attached hydrogens (tertiary/aromatic N) is 4. The van der Waals surface area contributed by atoms with Crippen molar-refractivity contribution in [1.82, 2.24) is 9.97 Å². The first-order valence-electron chi connectivity index (χ1n) is 2.47. The molecule has 0 fully saturated rings. The summed E-state index contributed by atoms with van der Waals surface area (Å²) in [6.45, 7) is 0. The van der Waals surface area contributed by atoms with Crippen LogP contribution in [0.15, 0.2) is 24.1 Å². The third-order valence-corrected chi connectivity index (χ3v) is 0.690. The Kier molecular flexibility index (Phi) is 4.97. The van der Waals surface area contributed by atoms with Crippen LogP contribution in [0.2, 0.25) is 0 Å². The van der Waals surface area contributed by atoms with Gasteiger partial charge in [-0.25, -0.2) is 9.97 Å². The summed E-state index contributed by atoms with van der Waals surface area (Å²) in [6, 6.07) is 1.90. The van der Waals surface area contributed by atoms with Gasteiger partial charge in [0.2, 0.25) is 0 Å². The largest absolute Gasteiger partial charge is 0.379 e. The van der Waals surface area contributed by atoms with E-state index in [1.165, 1.54) is 24.1 Å². The van der Waals surface area contributed by atoms with Gasteiger partial charge in [0.05, 0.1) is 5.56 Å². The monoisotopic (exact) mass is 152 g/mol. The topological polar surface area (TPSA) is 99.2 Å². The number of nitriles is 1. The highest BCUT2D eigenvalue weighted by molar-refractivity contribution is 5.20. The Morgan fingerprint density at radius 3 is 2.27 bits per heavy atom.